The third-order valence-electron chi connectivity index (χ3n) is 2.58. The third-order valence-corrected chi connectivity index (χ3v) is 2.58. The Hall–Kier alpha value is -0.520. The van der Waals surface area contributed by atoms with Gasteiger partial charge in [-0.15, -0.1) is 0 Å². The van der Waals surface area contributed by atoms with E-state index in [2.05, 4.69) is 52.0 Å². The van der Waals surface area contributed by atoms with Crippen LogP contribution < -0.4 is 0 Å². The van der Waals surface area contributed by atoms with E-state index in [-0.39, 0.29) is 0 Å². The van der Waals surface area contributed by atoms with E-state index in [0.717, 1.165) is 5.92 Å². The Balaban J connectivity index is 2.58. The zero-order valence-electron chi connectivity index (χ0n) is 8.67. The minimum atomic E-state index is 0.428. The maximum atomic E-state index is 2.36. The van der Waals surface area contributed by atoms with Gasteiger partial charge in [0.25, 0.3) is 0 Å². The highest BCUT2D eigenvalue weighted by Crippen LogP contribution is 2.37. The molecule has 0 aliphatic heterocycles. The summed E-state index contributed by atoms with van der Waals surface area (Å²) >= 11 is 0. The number of allylic oxidation sites excluding steroid dienone is 4. The fourth-order valence-electron chi connectivity index (χ4n) is 2.14. The van der Waals surface area contributed by atoms with Crippen LogP contribution in [-0.4, -0.2) is 0 Å². The van der Waals surface area contributed by atoms with Gasteiger partial charge in [-0.05, 0) is 17.8 Å². The van der Waals surface area contributed by atoms with E-state index in [0.29, 0.717) is 11.3 Å². The van der Waals surface area contributed by atoms with Crippen LogP contribution in [0.4, 0.5) is 0 Å². The second-order valence-electron chi connectivity index (χ2n) is 4.88. The SMILES string of the molecule is CC(C)CC(C)(C)C1C=CC=C1. The first-order valence-electron chi connectivity index (χ1n) is 4.87. The van der Waals surface area contributed by atoms with Crippen LogP contribution in [0.3, 0.4) is 0 Å². The Kier molecular flexibility index (Phi) is 2.76. The molecule has 12 heavy (non-hydrogen) atoms. The monoisotopic (exact) mass is 164 g/mol. The van der Waals surface area contributed by atoms with E-state index >= 15 is 0 Å². The molecule has 1 aliphatic rings. The molecule has 0 saturated carbocycles. The molecule has 0 atom stereocenters. The summed E-state index contributed by atoms with van der Waals surface area (Å²) in [6.45, 7) is 9.31. The molecule has 1 rings (SSSR count). The lowest BCUT2D eigenvalue weighted by Gasteiger charge is -2.31. The normalized spacial score (nSPS) is 18.1. The van der Waals surface area contributed by atoms with Gasteiger partial charge in [0.2, 0.25) is 0 Å². The zero-order chi connectivity index (χ0) is 9.19. The van der Waals surface area contributed by atoms with E-state index in [1.807, 2.05) is 0 Å². The molecule has 0 spiro atoms. The van der Waals surface area contributed by atoms with E-state index in [4.69, 9.17) is 0 Å². The molecule has 68 valence electrons. The quantitative estimate of drug-likeness (QED) is 0.595. The molecule has 0 aromatic rings. The van der Waals surface area contributed by atoms with Gasteiger partial charge in [0.05, 0.1) is 0 Å². The van der Waals surface area contributed by atoms with Gasteiger partial charge in [-0.2, -0.15) is 0 Å². The van der Waals surface area contributed by atoms with Gasteiger partial charge in [0, 0.05) is 5.92 Å². The lowest BCUT2D eigenvalue weighted by molar-refractivity contribution is 0.242. The van der Waals surface area contributed by atoms with Gasteiger partial charge in [-0.1, -0.05) is 52.0 Å². The minimum Gasteiger partial charge on any atom is -0.0771 e. The van der Waals surface area contributed by atoms with Gasteiger partial charge >= 0.3 is 0 Å². The second-order valence-corrected chi connectivity index (χ2v) is 4.88. The summed E-state index contributed by atoms with van der Waals surface area (Å²) in [6.07, 6.45) is 10.2. The van der Waals surface area contributed by atoms with Crippen molar-refractivity contribution in [3.63, 3.8) is 0 Å². The third kappa shape index (κ3) is 2.23. The molecule has 0 N–H and O–H groups in total. The Bertz CT molecular complexity index is 182. The lowest BCUT2D eigenvalue weighted by atomic mass is 9.74. The molecule has 0 heteroatoms. The highest BCUT2D eigenvalue weighted by Gasteiger charge is 2.27. The standard InChI is InChI=1S/C12H20/c1-10(2)9-12(3,4)11-7-5-6-8-11/h5-8,10-11H,9H2,1-4H3. The first-order chi connectivity index (χ1) is 5.52. The molecule has 0 bridgehead atoms. The van der Waals surface area contributed by atoms with E-state index < -0.39 is 0 Å². The fourth-order valence-corrected chi connectivity index (χ4v) is 2.14. The van der Waals surface area contributed by atoms with Crippen molar-refractivity contribution in [1.29, 1.82) is 0 Å². The Morgan fingerprint density at radius 2 is 1.67 bits per heavy atom. The van der Waals surface area contributed by atoms with Crippen LogP contribution in [0, 0.1) is 17.3 Å². The molecule has 0 aromatic carbocycles. The average molecular weight is 164 g/mol. The summed E-state index contributed by atoms with van der Waals surface area (Å²) in [4.78, 5) is 0. The highest BCUT2D eigenvalue weighted by atomic mass is 14.3. The molecule has 0 unspecified atom stereocenters. The molecule has 0 radical (unpaired) electrons. The van der Waals surface area contributed by atoms with Crippen molar-refractivity contribution in [2.75, 3.05) is 0 Å². The van der Waals surface area contributed by atoms with Crippen LogP contribution in [0.15, 0.2) is 24.3 Å². The minimum absolute atomic E-state index is 0.428. The molecule has 0 nitrogen and oxygen atoms in total. The maximum absolute atomic E-state index is 2.36. The van der Waals surface area contributed by atoms with Gasteiger partial charge < -0.3 is 0 Å². The predicted octanol–water partition coefficient (Wildman–Crippen LogP) is 3.80. The summed E-state index contributed by atoms with van der Waals surface area (Å²) in [5.74, 6) is 1.45. The summed E-state index contributed by atoms with van der Waals surface area (Å²) in [5, 5.41) is 0. The Morgan fingerprint density at radius 3 is 2.08 bits per heavy atom. The van der Waals surface area contributed by atoms with Gasteiger partial charge in [0.15, 0.2) is 0 Å². The molecular formula is C12H20. The van der Waals surface area contributed by atoms with E-state index in [1.54, 1.807) is 0 Å². The van der Waals surface area contributed by atoms with Gasteiger partial charge in [-0.3, -0.25) is 0 Å². The number of hydrogen-bond acceptors (Lipinski definition) is 0. The molecule has 0 fully saturated rings. The van der Waals surface area contributed by atoms with Gasteiger partial charge in [-0.25, -0.2) is 0 Å². The molecule has 0 aromatic heterocycles. The van der Waals surface area contributed by atoms with Crippen molar-refractivity contribution in [1.82, 2.24) is 0 Å². The van der Waals surface area contributed by atoms with Gasteiger partial charge in [0.1, 0.15) is 0 Å². The molecule has 0 amide bonds. The molecular weight excluding hydrogens is 144 g/mol. The zero-order valence-corrected chi connectivity index (χ0v) is 8.67. The number of rotatable bonds is 3. The Labute approximate surface area is 76.4 Å². The predicted molar refractivity (Wildman–Crippen MR) is 55.0 cm³/mol. The van der Waals surface area contributed by atoms with Crippen molar-refractivity contribution in [3.05, 3.63) is 24.3 Å². The topological polar surface area (TPSA) is 0 Å². The van der Waals surface area contributed by atoms with Crippen LogP contribution in [0.2, 0.25) is 0 Å². The summed E-state index contributed by atoms with van der Waals surface area (Å²) < 4.78 is 0. The summed E-state index contributed by atoms with van der Waals surface area (Å²) in [7, 11) is 0. The van der Waals surface area contributed by atoms with E-state index in [9.17, 15) is 0 Å². The summed E-state index contributed by atoms with van der Waals surface area (Å²) in [5.41, 5.74) is 0.428. The first kappa shape index (κ1) is 9.57. The second kappa shape index (κ2) is 3.47. The fraction of sp³-hybridized carbons (Fsp3) is 0.667. The number of hydrogen-bond donors (Lipinski definition) is 0. The first-order valence-corrected chi connectivity index (χ1v) is 4.87. The highest BCUT2D eigenvalue weighted by molar-refractivity contribution is 5.20. The lowest BCUT2D eigenvalue weighted by Crippen LogP contribution is -2.22. The van der Waals surface area contributed by atoms with Crippen molar-refractivity contribution >= 4 is 0 Å². The van der Waals surface area contributed by atoms with Crippen LogP contribution in [-0.2, 0) is 0 Å². The molecule has 0 saturated heterocycles. The van der Waals surface area contributed by atoms with Crippen LogP contribution in [0.5, 0.6) is 0 Å². The molecule has 1 aliphatic carbocycles. The average Bonchev–Trinajstić information content (AvgIpc) is 2.32. The van der Waals surface area contributed by atoms with Crippen molar-refractivity contribution in [2.45, 2.75) is 34.1 Å². The van der Waals surface area contributed by atoms with E-state index in [1.165, 1.54) is 6.42 Å². The Morgan fingerprint density at radius 1 is 1.17 bits per heavy atom. The van der Waals surface area contributed by atoms with Crippen molar-refractivity contribution in [3.8, 4) is 0 Å². The molecule has 0 heterocycles. The van der Waals surface area contributed by atoms with Crippen LogP contribution >= 0.6 is 0 Å². The van der Waals surface area contributed by atoms with Crippen molar-refractivity contribution in [2.24, 2.45) is 17.3 Å². The maximum Gasteiger partial charge on any atom is 0.000409 e. The van der Waals surface area contributed by atoms with Crippen molar-refractivity contribution < 1.29 is 0 Å². The summed E-state index contributed by atoms with van der Waals surface area (Å²) in [6, 6.07) is 0. The van der Waals surface area contributed by atoms with Crippen LogP contribution in [0.1, 0.15) is 34.1 Å². The smallest absolute Gasteiger partial charge is 0.000409 e. The largest absolute Gasteiger partial charge is 0.0771 e. The van der Waals surface area contributed by atoms with Crippen LogP contribution in [0.25, 0.3) is 0 Å².